The lowest BCUT2D eigenvalue weighted by atomic mass is 9.88. The minimum absolute atomic E-state index is 0.217. The Morgan fingerprint density at radius 1 is 1.11 bits per heavy atom. The molecule has 1 aromatic heterocycles. The minimum Gasteiger partial charge on any atom is -0.221 e. The van der Waals surface area contributed by atoms with E-state index in [-0.39, 0.29) is 10.5 Å². The van der Waals surface area contributed by atoms with E-state index >= 15 is 0 Å². The molecule has 2 atom stereocenters. The molecule has 4 rings (SSSR count). The number of rotatable bonds is 0. The summed E-state index contributed by atoms with van der Waals surface area (Å²) in [4.78, 5) is 9.71. The van der Waals surface area contributed by atoms with Gasteiger partial charge in [-0.3, -0.25) is 0 Å². The summed E-state index contributed by atoms with van der Waals surface area (Å²) in [5.74, 6) is 0.343. The first kappa shape index (κ1) is 11.8. The number of hydrogen-bond acceptors (Lipinski definition) is 3. The number of benzene rings is 1. The van der Waals surface area contributed by atoms with Crippen molar-refractivity contribution >= 4 is 41.0 Å². The summed E-state index contributed by atoms with van der Waals surface area (Å²) >= 11 is 13.9. The maximum Gasteiger partial charge on any atom is 0.224 e. The van der Waals surface area contributed by atoms with Crippen molar-refractivity contribution in [3.05, 3.63) is 57.6 Å². The lowest BCUT2D eigenvalue weighted by molar-refractivity contribution is 0.785. The predicted molar refractivity (Wildman–Crippen MR) is 78.9 cm³/mol. The molecule has 0 radical (unpaired) electrons. The Kier molecular flexibility index (Phi) is 2.62. The van der Waals surface area contributed by atoms with E-state index < -0.39 is 0 Å². The van der Waals surface area contributed by atoms with Crippen molar-refractivity contribution in [1.82, 2.24) is 9.97 Å². The molecule has 2 nitrogen and oxygen atoms in total. The van der Waals surface area contributed by atoms with Gasteiger partial charge in [0.05, 0.1) is 10.9 Å². The molecule has 0 N–H and O–H groups in total. The fraction of sp³-hybridized carbons (Fsp3) is 0.143. The summed E-state index contributed by atoms with van der Waals surface area (Å²) in [6.07, 6.45) is 4.20. The molecule has 0 amide bonds. The number of fused-ring (bicyclic) bond motifs is 5. The Morgan fingerprint density at radius 2 is 1.95 bits per heavy atom. The molecule has 0 fully saturated rings. The first-order chi connectivity index (χ1) is 9.24. The molecule has 2 unspecified atom stereocenters. The molecule has 5 heteroatoms. The largest absolute Gasteiger partial charge is 0.224 e. The SMILES string of the molecule is Clc1nc(Cl)c2c(n1)C1Sc3ccccc3C1C=C2. The van der Waals surface area contributed by atoms with Gasteiger partial charge in [0.15, 0.2) is 0 Å². The number of halogens is 2. The van der Waals surface area contributed by atoms with Gasteiger partial charge in [-0.1, -0.05) is 42.0 Å². The van der Waals surface area contributed by atoms with Gasteiger partial charge < -0.3 is 0 Å². The molecule has 1 aliphatic heterocycles. The van der Waals surface area contributed by atoms with Crippen molar-refractivity contribution in [1.29, 1.82) is 0 Å². The number of thioether (sulfide) groups is 1. The normalized spacial score (nSPS) is 22.8. The van der Waals surface area contributed by atoms with E-state index in [2.05, 4.69) is 40.3 Å². The smallest absolute Gasteiger partial charge is 0.221 e. The lowest BCUT2D eigenvalue weighted by Crippen LogP contribution is -2.10. The summed E-state index contributed by atoms with van der Waals surface area (Å²) in [7, 11) is 0. The lowest BCUT2D eigenvalue weighted by Gasteiger charge is -2.22. The number of allylic oxidation sites excluding steroid dienone is 1. The highest BCUT2D eigenvalue weighted by atomic mass is 35.5. The van der Waals surface area contributed by atoms with Gasteiger partial charge >= 0.3 is 0 Å². The van der Waals surface area contributed by atoms with Crippen LogP contribution in [0.25, 0.3) is 6.08 Å². The molecule has 0 bridgehead atoms. The van der Waals surface area contributed by atoms with Crippen LogP contribution >= 0.6 is 35.0 Å². The molecular weight excluding hydrogens is 299 g/mol. The highest BCUT2D eigenvalue weighted by Crippen LogP contribution is 2.57. The maximum absolute atomic E-state index is 6.15. The van der Waals surface area contributed by atoms with E-state index in [0.717, 1.165) is 11.3 Å². The second-order valence-electron chi connectivity index (χ2n) is 4.54. The molecular formula is C14H8Cl2N2S. The molecule has 0 saturated heterocycles. The van der Waals surface area contributed by atoms with Crippen LogP contribution < -0.4 is 0 Å². The van der Waals surface area contributed by atoms with E-state index in [1.54, 1.807) is 0 Å². The molecule has 0 spiro atoms. The average Bonchev–Trinajstić information content (AvgIpc) is 2.77. The summed E-state index contributed by atoms with van der Waals surface area (Å²) in [6, 6.07) is 8.46. The van der Waals surface area contributed by atoms with Gasteiger partial charge in [0.2, 0.25) is 5.28 Å². The molecule has 94 valence electrons. The summed E-state index contributed by atoms with van der Waals surface area (Å²) in [5.41, 5.74) is 3.19. The Hall–Kier alpha value is -1.03. The van der Waals surface area contributed by atoms with Crippen molar-refractivity contribution in [3.8, 4) is 0 Å². The molecule has 2 aromatic rings. The van der Waals surface area contributed by atoms with E-state index in [1.807, 2.05) is 17.8 Å². The van der Waals surface area contributed by atoms with E-state index in [4.69, 9.17) is 23.2 Å². The van der Waals surface area contributed by atoms with E-state index in [9.17, 15) is 0 Å². The molecule has 0 saturated carbocycles. The van der Waals surface area contributed by atoms with Crippen LogP contribution in [0.2, 0.25) is 10.4 Å². The third-order valence-corrected chi connectivity index (χ3v) is 5.35. The van der Waals surface area contributed by atoms with Crippen LogP contribution in [0.1, 0.15) is 28.0 Å². The highest BCUT2D eigenvalue weighted by molar-refractivity contribution is 8.00. The number of aromatic nitrogens is 2. The third kappa shape index (κ3) is 1.72. The number of nitrogens with zero attached hydrogens (tertiary/aromatic N) is 2. The van der Waals surface area contributed by atoms with E-state index in [0.29, 0.717) is 11.1 Å². The van der Waals surface area contributed by atoms with Crippen molar-refractivity contribution in [3.63, 3.8) is 0 Å². The maximum atomic E-state index is 6.15. The van der Waals surface area contributed by atoms with Crippen LogP contribution in [-0.4, -0.2) is 9.97 Å². The summed E-state index contributed by atoms with van der Waals surface area (Å²) < 4.78 is 0. The molecule has 19 heavy (non-hydrogen) atoms. The van der Waals surface area contributed by atoms with Crippen LogP contribution in [0, 0.1) is 0 Å². The van der Waals surface area contributed by atoms with Crippen LogP contribution in [0.5, 0.6) is 0 Å². The predicted octanol–water partition coefficient (Wildman–Crippen LogP) is 4.74. The van der Waals surface area contributed by atoms with Crippen molar-refractivity contribution in [2.45, 2.75) is 16.1 Å². The van der Waals surface area contributed by atoms with Crippen LogP contribution in [-0.2, 0) is 0 Å². The van der Waals surface area contributed by atoms with Gasteiger partial charge in [0.25, 0.3) is 0 Å². The van der Waals surface area contributed by atoms with Crippen molar-refractivity contribution < 1.29 is 0 Å². The van der Waals surface area contributed by atoms with Gasteiger partial charge in [0.1, 0.15) is 5.15 Å². The van der Waals surface area contributed by atoms with Gasteiger partial charge in [-0.15, -0.1) is 11.8 Å². The standard InChI is InChI=1S/C14H8Cl2N2S/c15-13-9-6-5-8-7-3-1-2-4-10(7)19-12(8)11(9)17-14(16)18-13/h1-6,8,12H. The van der Waals surface area contributed by atoms with Crippen molar-refractivity contribution in [2.75, 3.05) is 0 Å². The first-order valence-electron chi connectivity index (χ1n) is 5.91. The Morgan fingerprint density at radius 3 is 2.84 bits per heavy atom. The Bertz CT molecular complexity index is 715. The summed E-state index contributed by atoms with van der Waals surface area (Å²) in [6.45, 7) is 0. The zero-order chi connectivity index (χ0) is 13.0. The second kappa shape index (κ2) is 4.23. The topological polar surface area (TPSA) is 25.8 Å². The number of hydrogen-bond donors (Lipinski definition) is 0. The quantitative estimate of drug-likeness (QED) is 0.519. The Balaban J connectivity index is 1.91. The molecule has 2 aliphatic rings. The Labute approximate surface area is 124 Å². The fourth-order valence-electron chi connectivity index (χ4n) is 2.67. The zero-order valence-electron chi connectivity index (χ0n) is 9.68. The van der Waals surface area contributed by atoms with Gasteiger partial charge in [0, 0.05) is 16.4 Å². The minimum atomic E-state index is 0.217. The molecule has 2 heterocycles. The van der Waals surface area contributed by atoms with Crippen molar-refractivity contribution in [2.24, 2.45) is 0 Å². The first-order valence-corrected chi connectivity index (χ1v) is 7.54. The monoisotopic (exact) mass is 306 g/mol. The summed E-state index contributed by atoms with van der Waals surface area (Å²) in [5, 5.41) is 0.894. The average molecular weight is 307 g/mol. The van der Waals surface area contributed by atoms with E-state index in [1.165, 1.54) is 10.5 Å². The molecule has 1 aliphatic carbocycles. The van der Waals surface area contributed by atoms with Crippen LogP contribution in [0.15, 0.2) is 35.2 Å². The van der Waals surface area contributed by atoms with Gasteiger partial charge in [-0.2, -0.15) is 0 Å². The van der Waals surface area contributed by atoms with Gasteiger partial charge in [-0.25, -0.2) is 9.97 Å². The fourth-order valence-corrected chi connectivity index (χ4v) is 4.57. The second-order valence-corrected chi connectivity index (χ2v) is 6.42. The third-order valence-electron chi connectivity index (χ3n) is 3.50. The van der Waals surface area contributed by atoms with Crippen LogP contribution in [0.3, 0.4) is 0 Å². The zero-order valence-corrected chi connectivity index (χ0v) is 12.0. The van der Waals surface area contributed by atoms with Crippen LogP contribution in [0.4, 0.5) is 0 Å². The highest BCUT2D eigenvalue weighted by Gasteiger charge is 2.37. The van der Waals surface area contributed by atoms with Gasteiger partial charge in [-0.05, 0) is 23.2 Å². The molecule has 1 aromatic carbocycles.